The van der Waals surface area contributed by atoms with Crippen LogP contribution in [0, 0.1) is 0 Å². The van der Waals surface area contributed by atoms with E-state index in [4.69, 9.17) is 14.6 Å². The molecule has 0 saturated carbocycles. The number of carboxylic acid groups (broad SMARTS) is 1. The van der Waals surface area contributed by atoms with Crippen molar-refractivity contribution in [2.24, 2.45) is 0 Å². The number of carboxylic acids is 1. The largest absolute Gasteiger partial charge is 0.497 e. The van der Waals surface area contributed by atoms with Gasteiger partial charge in [0.2, 0.25) is 0 Å². The zero-order chi connectivity index (χ0) is 25.5. The summed E-state index contributed by atoms with van der Waals surface area (Å²) in [5.41, 5.74) is 4.46. The van der Waals surface area contributed by atoms with E-state index in [-0.39, 0.29) is 12.3 Å². The van der Waals surface area contributed by atoms with Gasteiger partial charge >= 0.3 is 5.97 Å². The number of benzene rings is 3. The van der Waals surface area contributed by atoms with E-state index in [1.165, 1.54) is 10.9 Å². The minimum Gasteiger partial charge on any atom is -0.497 e. The molecule has 0 radical (unpaired) electrons. The van der Waals surface area contributed by atoms with E-state index >= 15 is 0 Å². The molecule has 1 heterocycles. The van der Waals surface area contributed by atoms with Gasteiger partial charge in [0.1, 0.15) is 11.5 Å². The van der Waals surface area contributed by atoms with Gasteiger partial charge in [-0.05, 0) is 47.7 Å². The molecule has 0 spiro atoms. The van der Waals surface area contributed by atoms with Gasteiger partial charge in [0.25, 0.3) is 5.91 Å². The molecule has 1 amide bonds. The molecule has 0 atom stereocenters. The van der Waals surface area contributed by atoms with Crippen molar-refractivity contribution in [3.05, 3.63) is 95.2 Å². The molecule has 4 rings (SSSR count). The minimum absolute atomic E-state index is 0.0306. The molecule has 0 aliphatic carbocycles. The van der Waals surface area contributed by atoms with Crippen molar-refractivity contribution in [1.82, 2.24) is 9.88 Å². The van der Waals surface area contributed by atoms with Crippen molar-refractivity contribution in [3.8, 4) is 11.5 Å². The molecule has 0 aliphatic rings. The maximum Gasteiger partial charge on any atom is 0.307 e. The molecule has 36 heavy (non-hydrogen) atoms. The number of ether oxygens (including phenoxy) is 2. The number of carbonyl (C=O) groups excluding carboxylic acids is 1. The molecular weight excluding hydrogens is 456 g/mol. The number of methoxy groups -OCH3 is 2. The van der Waals surface area contributed by atoms with Gasteiger partial charge in [0.15, 0.2) is 0 Å². The van der Waals surface area contributed by atoms with Crippen molar-refractivity contribution in [2.45, 2.75) is 25.8 Å². The van der Waals surface area contributed by atoms with Crippen LogP contribution in [0.1, 0.15) is 33.5 Å². The van der Waals surface area contributed by atoms with E-state index in [0.29, 0.717) is 30.2 Å². The second-order valence-electron chi connectivity index (χ2n) is 8.68. The summed E-state index contributed by atoms with van der Waals surface area (Å²) in [5, 5.41) is 10.2. The first-order chi connectivity index (χ1) is 17.5. The van der Waals surface area contributed by atoms with Gasteiger partial charge in [-0.3, -0.25) is 9.59 Å². The van der Waals surface area contributed by atoms with Crippen LogP contribution in [0.4, 0.5) is 0 Å². The SMILES string of the molecule is COc1cc(OC)cc(C(=O)N(CCCc2c[nH]c3ccccc23)Cc2ccc(CC(=O)O)cc2)c1. The van der Waals surface area contributed by atoms with Crippen molar-refractivity contribution < 1.29 is 24.2 Å². The van der Waals surface area contributed by atoms with Crippen molar-refractivity contribution in [1.29, 1.82) is 0 Å². The Morgan fingerprint density at radius 3 is 2.25 bits per heavy atom. The number of aryl methyl sites for hydroxylation is 1. The molecule has 7 nitrogen and oxygen atoms in total. The second-order valence-corrected chi connectivity index (χ2v) is 8.68. The van der Waals surface area contributed by atoms with Crippen LogP contribution in [0.15, 0.2) is 72.9 Å². The van der Waals surface area contributed by atoms with Gasteiger partial charge in [0, 0.05) is 41.8 Å². The lowest BCUT2D eigenvalue weighted by Gasteiger charge is -2.24. The number of fused-ring (bicyclic) bond motifs is 1. The average Bonchev–Trinajstić information content (AvgIpc) is 3.31. The highest BCUT2D eigenvalue weighted by Crippen LogP contribution is 2.25. The number of aliphatic carboxylic acids is 1. The molecule has 0 unspecified atom stereocenters. The summed E-state index contributed by atoms with van der Waals surface area (Å²) in [4.78, 5) is 29.8. The highest BCUT2D eigenvalue weighted by atomic mass is 16.5. The third-order valence-corrected chi connectivity index (χ3v) is 6.19. The first kappa shape index (κ1) is 24.9. The minimum atomic E-state index is -0.871. The molecule has 186 valence electrons. The monoisotopic (exact) mass is 486 g/mol. The Balaban J connectivity index is 1.54. The number of nitrogens with one attached hydrogen (secondary N) is 1. The molecule has 7 heteroatoms. The molecule has 4 aromatic rings. The van der Waals surface area contributed by atoms with Gasteiger partial charge in [-0.1, -0.05) is 42.5 Å². The number of hydrogen-bond acceptors (Lipinski definition) is 4. The van der Waals surface area contributed by atoms with Crippen molar-refractivity contribution >= 4 is 22.8 Å². The van der Waals surface area contributed by atoms with Crippen LogP contribution in [0.5, 0.6) is 11.5 Å². The molecule has 0 saturated heterocycles. The van der Waals surface area contributed by atoms with Crippen LogP contribution in [-0.2, 0) is 24.2 Å². The number of amides is 1. The average molecular weight is 487 g/mol. The highest BCUT2D eigenvalue weighted by molar-refractivity contribution is 5.95. The van der Waals surface area contributed by atoms with Gasteiger partial charge in [0.05, 0.1) is 20.6 Å². The van der Waals surface area contributed by atoms with E-state index in [0.717, 1.165) is 29.5 Å². The maximum atomic E-state index is 13.6. The van der Waals surface area contributed by atoms with Crippen LogP contribution in [0.3, 0.4) is 0 Å². The Labute approximate surface area is 210 Å². The quantitative estimate of drug-likeness (QED) is 0.308. The molecule has 0 bridgehead atoms. The number of hydrogen-bond donors (Lipinski definition) is 2. The molecule has 0 aliphatic heterocycles. The predicted molar refractivity (Wildman–Crippen MR) is 139 cm³/mol. The van der Waals surface area contributed by atoms with Crippen LogP contribution in [0.25, 0.3) is 10.9 Å². The van der Waals surface area contributed by atoms with E-state index in [1.807, 2.05) is 35.4 Å². The topological polar surface area (TPSA) is 91.9 Å². The third kappa shape index (κ3) is 6.05. The normalized spacial score (nSPS) is 10.8. The maximum absolute atomic E-state index is 13.6. The highest BCUT2D eigenvalue weighted by Gasteiger charge is 2.19. The summed E-state index contributed by atoms with van der Waals surface area (Å²) < 4.78 is 10.7. The van der Waals surface area contributed by atoms with Gasteiger partial charge in [-0.25, -0.2) is 0 Å². The van der Waals surface area contributed by atoms with E-state index in [1.54, 1.807) is 44.6 Å². The van der Waals surface area contributed by atoms with Gasteiger partial charge in [-0.2, -0.15) is 0 Å². The summed E-state index contributed by atoms with van der Waals surface area (Å²) in [7, 11) is 3.11. The van der Waals surface area contributed by atoms with E-state index < -0.39 is 5.97 Å². The Kier molecular flexibility index (Phi) is 7.90. The predicted octanol–water partition coefficient (Wildman–Crippen LogP) is 5.09. The Hall–Kier alpha value is -4.26. The Morgan fingerprint density at radius 2 is 1.58 bits per heavy atom. The number of aromatic amines is 1. The fourth-order valence-corrected chi connectivity index (χ4v) is 4.32. The fraction of sp³-hybridized carbons (Fsp3) is 0.241. The lowest BCUT2D eigenvalue weighted by Crippen LogP contribution is -2.32. The molecule has 3 aromatic carbocycles. The number of aromatic nitrogens is 1. The fourth-order valence-electron chi connectivity index (χ4n) is 4.32. The molecular formula is C29H30N2O5. The third-order valence-electron chi connectivity index (χ3n) is 6.19. The first-order valence-corrected chi connectivity index (χ1v) is 11.8. The second kappa shape index (κ2) is 11.4. The van der Waals surface area contributed by atoms with Crippen molar-refractivity contribution in [3.63, 3.8) is 0 Å². The van der Waals surface area contributed by atoms with Crippen LogP contribution in [-0.4, -0.2) is 47.6 Å². The van der Waals surface area contributed by atoms with Crippen molar-refractivity contribution in [2.75, 3.05) is 20.8 Å². The number of carbonyl (C=O) groups is 2. The van der Waals surface area contributed by atoms with Gasteiger partial charge in [-0.15, -0.1) is 0 Å². The first-order valence-electron chi connectivity index (χ1n) is 11.8. The number of rotatable bonds is 11. The van der Waals surface area contributed by atoms with Crippen LogP contribution in [0.2, 0.25) is 0 Å². The van der Waals surface area contributed by atoms with Gasteiger partial charge < -0.3 is 24.5 Å². The summed E-state index contributed by atoms with van der Waals surface area (Å²) in [6.07, 6.45) is 3.61. The standard InChI is InChI=1S/C29H30N2O5/c1-35-24-15-23(16-25(17-24)36-2)29(34)31(19-21-11-9-20(10-12-21)14-28(32)33)13-5-6-22-18-30-27-8-4-3-7-26(22)27/h3-4,7-12,15-18,30H,5-6,13-14,19H2,1-2H3,(H,32,33). The smallest absolute Gasteiger partial charge is 0.307 e. The number of para-hydroxylation sites is 1. The molecule has 0 fully saturated rings. The molecule has 1 aromatic heterocycles. The summed E-state index contributed by atoms with van der Waals surface area (Å²) in [6.45, 7) is 0.953. The zero-order valence-corrected chi connectivity index (χ0v) is 20.5. The summed E-state index contributed by atoms with van der Waals surface area (Å²) in [6, 6.07) is 20.7. The van der Waals surface area contributed by atoms with Crippen LogP contribution < -0.4 is 9.47 Å². The summed E-state index contributed by atoms with van der Waals surface area (Å²) in [5.74, 6) is 0.105. The lowest BCUT2D eigenvalue weighted by molar-refractivity contribution is -0.136. The Bertz CT molecular complexity index is 1320. The van der Waals surface area contributed by atoms with E-state index in [2.05, 4.69) is 17.1 Å². The number of H-pyrrole nitrogens is 1. The zero-order valence-electron chi connectivity index (χ0n) is 20.5. The number of nitrogens with zero attached hydrogens (tertiary/aromatic N) is 1. The van der Waals surface area contributed by atoms with Crippen LogP contribution >= 0.6 is 0 Å². The molecule has 2 N–H and O–H groups in total. The Morgan fingerprint density at radius 1 is 0.917 bits per heavy atom. The summed E-state index contributed by atoms with van der Waals surface area (Å²) >= 11 is 0. The van der Waals surface area contributed by atoms with E-state index in [9.17, 15) is 9.59 Å². The lowest BCUT2D eigenvalue weighted by atomic mass is 10.1.